The number of ether oxygens (including phenoxy) is 1. The van der Waals surface area contributed by atoms with Crippen LogP contribution in [-0.4, -0.2) is 72.2 Å². The Kier molecular flexibility index (Phi) is 9.25. The van der Waals surface area contributed by atoms with Gasteiger partial charge in [-0.2, -0.15) is 4.98 Å². The van der Waals surface area contributed by atoms with Crippen LogP contribution in [0.5, 0.6) is 5.75 Å². The molecule has 4 rings (SSSR count). The van der Waals surface area contributed by atoms with Crippen LogP contribution in [0.15, 0.2) is 59.1 Å². The highest BCUT2D eigenvalue weighted by Crippen LogP contribution is 2.20. The Morgan fingerprint density at radius 1 is 0.971 bits per heavy atom. The van der Waals surface area contributed by atoms with Crippen LogP contribution in [-0.2, 0) is 17.8 Å². The number of methoxy groups -OCH3 is 1. The molecule has 8 heteroatoms. The molecule has 2 aromatic carbocycles. The summed E-state index contributed by atoms with van der Waals surface area (Å²) in [5.41, 5.74) is 2.25. The van der Waals surface area contributed by atoms with Gasteiger partial charge in [-0.05, 0) is 42.7 Å². The van der Waals surface area contributed by atoms with Crippen LogP contribution < -0.4 is 10.1 Å². The number of rotatable bonds is 12. The van der Waals surface area contributed by atoms with E-state index in [0.29, 0.717) is 24.8 Å². The second-order valence-electron chi connectivity index (χ2n) is 8.94. The minimum atomic E-state index is 0.113. The topological polar surface area (TPSA) is 83.7 Å². The van der Waals surface area contributed by atoms with E-state index in [1.165, 1.54) is 5.56 Å². The molecular formula is C27H35N5O3. The van der Waals surface area contributed by atoms with Gasteiger partial charge in [0.05, 0.1) is 13.7 Å². The average molecular weight is 478 g/mol. The van der Waals surface area contributed by atoms with E-state index in [2.05, 4.69) is 49.5 Å². The van der Waals surface area contributed by atoms with Crippen LogP contribution in [0.4, 0.5) is 0 Å². The molecule has 1 fully saturated rings. The highest BCUT2D eigenvalue weighted by atomic mass is 16.5. The minimum absolute atomic E-state index is 0.113. The van der Waals surface area contributed by atoms with Gasteiger partial charge in [0.15, 0.2) is 0 Å². The summed E-state index contributed by atoms with van der Waals surface area (Å²) in [5, 5.41) is 7.13. The maximum Gasteiger partial charge on any atom is 0.234 e. The maximum absolute atomic E-state index is 12.3. The van der Waals surface area contributed by atoms with Crippen molar-refractivity contribution in [1.29, 1.82) is 0 Å². The zero-order valence-corrected chi connectivity index (χ0v) is 20.5. The molecule has 3 aromatic rings. The van der Waals surface area contributed by atoms with Gasteiger partial charge in [-0.15, -0.1) is 0 Å². The lowest BCUT2D eigenvalue weighted by atomic mass is 10.2. The van der Waals surface area contributed by atoms with Gasteiger partial charge in [-0.3, -0.25) is 14.6 Å². The number of nitrogens with zero attached hydrogens (tertiary/aromatic N) is 4. The summed E-state index contributed by atoms with van der Waals surface area (Å²) in [4.78, 5) is 21.5. The molecule has 1 aromatic heterocycles. The van der Waals surface area contributed by atoms with E-state index in [0.717, 1.165) is 69.7 Å². The number of carbonyl (C=O) groups is 1. The standard InChI is InChI=1S/C27H35N5O3/c1-34-24-13-11-23(12-14-24)27-29-26(35-30-27)10-6-3-7-15-28-25(33)21-32-18-16-31(17-19-32)20-22-8-4-2-5-9-22/h2,4-5,8-9,11-14H,3,6-7,10,15-21H2,1H3,(H,28,33). The minimum Gasteiger partial charge on any atom is -0.497 e. The molecule has 8 nitrogen and oxygen atoms in total. The second-order valence-corrected chi connectivity index (χ2v) is 8.94. The fourth-order valence-corrected chi connectivity index (χ4v) is 4.23. The number of carbonyl (C=O) groups excluding carboxylic acids is 1. The highest BCUT2D eigenvalue weighted by molar-refractivity contribution is 5.77. The van der Waals surface area contributed by atoms with Crippen LogP contribution in [0.25, 0.3) is 11.4 Å². The Hall–Kier alpha value is -3.23. The first-order chi connectivity index (χ1) is 17.2. The Morgan fingerprint density at radius 3 is 2.46 bits per heavy atom. The molecule has 1 N–H and O–H groups in total. The van der Waals surface area contributed by atoms with Crippen molar-refractivity contribution in [3.8, 4) is 17.1 Å². The van der Waals surface area contributed by atoms with Gasteiger partial charge in [0.25, 0.3) is 0 Å². The predicted molar refractivity (Wildman–Crippen MR) is 135 cm³/mol. The number of aromatic nitrogens is 2. The Morgan fingerprint density at radius 2 is 1.71 bits per heavy atom. The van der Waals surface area contributed by atoms with Crippen molar-refractivity contribution in [1.82, 2.24) is 25.3 Å². The molecule has 0 saturated carbocycles. The van der Waals surface area contributed by atoms with Crippen molar-refractivity contribution < 1.29 is 14.1 Å². The molecule has 0 unspecified atom stereocenters. The largest absolute Gasteiger partial charge is 0.497 e. The molecule has 1 amide bonds. The third kappa shape index (κ3) is 7.90. The van der Waals surface area contributed by atoms with Crippen LogP contribution >= 0.6 is 0 Å². The predicted octanol–water partition coefficient (Wildman–Crippen LogP) is 3.39. The van der Waals surface area contributed by atoms with Crippen molar-refractivity contribution in [2.24, 2.45) is 0 Å². The van der Waals surface area contributed by atoms with Crippen LogP contribution in [0, 0.1) is 0 Å². The van der Waals surface area contributed by atoms with Gasteiger partial charge in [0.2, 0.25) is 17.6 Å². The van der Waals surface area contributed by atoms with Gasteiger partial charge in [-0.1, -0.05) is 41.9 Å². The first kappa shape index (κ1) is 24.9. The summed E-state index contributed by atoms with van der Waals surface area (Å²) < 4.78 is 10.6. The zero-order chi connectivity index (χ0) is 24.3. The summed E-state index contributed by atoms with van der Waals surface area (Å²) in [5.74, 6) is 2.15. The van der Waals surface area contributed by atoms with Gasteiger partial charge in [0, 0.05) is 51.3 Å². The van der Waals surface area contributed by atoms with E-state index in [4.69, 9.17) is 9.26 Å². The van der Waals surface area contributed by atoms with Crippen molar-refractivity contribution in [3.05, 3.63) is 66.1 Å². The summed E-state index contributed by atoms with van der Waals surface area (Å²) in [6, 6.07) is 18.2. The summed E-state index contributed by atoms with van der Waals surface area (Å²) in [6.07, 6.45) is 3.63. The third-order valence-corrected chi connectivity index (χ3v) is 6.29. The average Bonchev–Trinajstić information content (AvgIpc) is 3.37. The number of aryl methyl sites for hydroxylation is 1. The Balaban J connectivity index is 1.05. The number of unbranched alkanes of at least 4 members (excludes halogenated alkanes) is 2. The quantitative estimate of drug-likeness (QED) is 0.400. The van der Waals surface area contributed by atoms with Crippen molar-refractivity contribution in [2.75, 3.05) is 46.4 Å². The highest BCUT2D eigenvalue weighted by Gasteiger charge is 2.18. The van der Waals surface area contributed by atoms with Crippen LogP contribution in [0.2, 0.25) is 0 Å². The van der Waals surface area contributed by atoms with Gasteiger partial charge >= 0.3 is 0 Å². The molecule has 2 heterocycles. The molecule has 1 aliphatic heterocycles. The van der Waals surface area contributed by atoms with E-state index in [1.807, 2.05) is 30.3 Å². The third-order valence-electron chi connectivity index (χ3n) is 6.29. The molecule has 35 heavy (non-hydrogen) atoms. The Labute approximate surface area is 207 Å². The van der Waals surface area contributed by atoms with Gasteiger partial charge < -0.3 is 14.6 Å². The molecular weight excluding hydrogens is 442 g/mol. The first-order valence-electron chi connectivity index (χ1n) is 12.4. The van der Waals surface area contributed by atoms with E-state index < -0.39 is 0 Å². The summed E-state index contributed by atoms with van der Waals surface area (Å²) in [6.45, 7) is 6.03. The lowest BCUT2D eigenvalue weighted by Gasteiger charge is -2.34. The number of piperazine rings is 1. The lowest BCUT2D eigenvalue weighted by molar-refractivity contribution is -0.122. The van der Waals surface area contributed by atoms with Crippen LogP contribution in [0.1, 0.15) is 30.7 Å². The van der Waals surface area contributed by atoms with Gasteiger partial charge in [-0.25, -0.2) is 0 Å². The lowest BCUT2D eigenvalue weighted by Crippen LogP contribution is -2.49. The van der Waals surface area contributed by atoms with E-state index >= 15 is 0 Å². The monoisotopic (exact) mass is 477 g/mol. The number of amides is 1. The summed E-state index contributed by atoms with van der Waals surface area (Å²) in [7, 11) is 1.64. The van der Waals surface area contributed by atoms with E-state index in [1.54, 1.807) is 7.11 Å². The molecule has 186 valence electrons. The fourth-order valence-electron chi connectivity index (χ4n) is 4.23. The zero-order valence-electron chi connectivity index (χ0n) is 20.5. The van der Waals surface area contributed by atoms with Crippen molar-refractivity contribution in [3.63, 3.8) is 0 Å². The van der Waals surface area contributed by atoms with E-state index in [9.17, 15) is 4.79 Å². The normalized spacial score (nSPS) is 14.7. The smallest absolute Gasteiger partial charge is 0.234 e. The number of hydrogen-bond donors (Lipinski definition) is 1. The summed E-state index contributed by atoms with van der Waals surface area (Å²) >= 11 is 0. The van der Waals surface area contributed by atoms with Gasteiger partial charge in [0.1, 0.15) is 5.75 Å². The molecule has 0 radical (unpaired) electrons. The Bertz CT molecular complexity index is 1030. The number of nitrogens with one attached hydrogen (secondary N) is 1. The first-order valence-corrected chi connectivity index (χ1v) is 12.4. The van der Waals surface area contributed by atoms with Crippen molar-refractivity contribution in [2.45, 2.75) is 32.2 Å². The molecule has 0 spiro atoms. The van der Waals surface area contributed by atoms with E-state index in [-0.39, 0.29) is 5.91 Å². The molecule has 0 aliphatic carbocycles. The molecule has 0 bridgehead atoms. The maximum atomic E-state index is 12.3. The molecule has 0 atom stereocenters. The fraction of sp³-hybridized carbons (Fsp3) is 0.444. The number of benzene rings is 2. The molecule has 1 aliphatic rings. The van der Waals surface area contributed by atoms with Crippen LogP contribution in [0.3, 0.4) is 0 Å². The second kappa shape index (κ2) is 13.0. The van der Waals surface area contributed by atoms with Crippen molar-refractivity contribution >= 4 is 5.91 Å². The molecule has 1 saturated heterocycles. The SMILES string of the molecule is COc1ccc(-c2noc(CCCCCNC(=O)CN3CCN(Cc4ccccc4)CC3)n2)cc1. The number of hydrogen-bond acceptors (Lipinski definition) is 7.